The molecule has 0 aliphatic carbocycles. The lowest BCUT2D eigenvalue weighted by Gasteiger charge is -2.10. The van der Waals surface area contributed by atoms with Crippen molar-refractivity contribution in [2.24, 2.45) is 0 Å². The molecule has 0 aliphatic rings. The van der Waals surface area contributed by atoms with Crippen LogP contribution in [0.5, 0.6) is 0 Å². The van der Waals surface area contributed by atoms with Crippen molar-refractivity contribution in [3.05, 3.63) is 69.5 Å². The van der Waals surface area contributed by atoms with E-state index in [1.165, 1.54) is 48.0 Å². The van der Waals surface area contributed by atoms with E-state index in [-0.39, 0.29) is 14.8 Å². The molecule has 4 aromatic rings. The van der Waals surface area contributed by atoms with E-state index >= 15 is 0 Å². The van der Waals surface area contributed by atoms with Crippen LogP contribution in [0.4, 0.5) is 15.9 Å². The standard InChI is InChI=1S/C18H10BrClFN3O2S2/c19-16-8-14-17(27-16)18(23-9-22-14)24-11-4-5-15(13(20)7-11)28(25,26)12-3-1-2-10(21)6-12/h1-9H,(H,22,23,24). The van der Waals surface area contributed by atoms with Gasteiger partial charge in [0.15, 0.2) is 5.82 Å². The van der Waals surface area contributed by atoms with Crippen molar-refractivity contribution in [2.75, 3.05) is 5.32 Å². The molecule has 1 N–H and O–H groups in total. The Bertz CT molecular complexity index is 1310. The summed E-state index contributed by atoms with van der Waals surface area (Å²) in [5.41, 5.74) is 1.35. The van der Waals surface area contributed by atoms with Crippen LogP contribution in [-0.4, -0.2) is 18.4 Å². The first-order valence-corrected chi connectivity index (χ1v) is 11.3. The first-order chi connectivity index (χ1) is 13.3. The molecule has 0 spiro atoms. The fourth-order valence-electron chi connectivity index (χ4n) is 2.61. The molecule has 0 fully saturated rings. The van der Waals surface area contributed by atoms with Gasteiger partial charge in [0, 0.05) is 5.69 Å². The highest BCUT2D eigenvalue weighted by Gasteiger charge is 2.22. The molecule has 0 radical (unpaired) electrons. The van der Waals surface area contributed by atoms with Crippen molar-refractivity contribution >= 4 is 70.4 Å². The van der Waals surface area contributed by atoms with Gasteiger partial charge in [-0.3, -0.25) is 0 Å². The third-order valence-corrected chi connectivity index (χ3v) is 7.74. The number of rotatable bonds is 4. The summed E-state index contributed by atoms with van der Waals surface area (Å²) in [5.74, 6) is -0.0529. The SMILES string of the molecule is O=S(=O)(c1cccc(F)c1)c1ccc(Nc2ncnc3cc(Br)sc23)cc1Cl. The molecule has 0 saturated heterocycles. The van der Waals surface area contributed by atoms with Crippen LogP contribution in [-0.2, 0) is 9.84 Å². The minimum Gasteiger partial charge on any atom is -0.339 e. The van der Waals surface area contributed by atoms with Crippen LogP contribution >= 0.6 is 38.9 Å². The van der Waals surface area contributed by atoms with Gasteiger partial charge in [0.1, 0.15) is 12.1 Å². The van der Waals surface area contributed by atoms with Crippen molar-refractivity contribution in [2.45, 2.75) is 9.79 Å². The maximum atomic E-state index is 13.4. The lowest BCUT2D eigenvalue weighted by molar-refractivity contribution is 0.591. The molecule has 2 aromatic carbocycles. The first kappa shape index (κ1) is 19.3. The fraction of sp³-hybridized carbons (Fsp3) is 0. The van der Waals surface area contributed by atoms with E-state index < -0.39 is 15.7 Å². The molecule has 0 bridgehead atoms. The smallest absolute Gasteiger partial charge is 0.208 e. The number of aromatic nitrogens is 2. The Hall–Kier alpha value is -2.07. The quantitative estimate of drug-likeness (QED) is 0.384. The van der Waals surface area contributed by atoms with Crippen molar-refractivity contribution in [3.8, 4) is 0 Å². The molecular weight excluding hydrogens is 489 g/mol. The Morgan fingerprint density at radius 2 is 1.93 bits per heavy atom. The number of benzene rings is 2. The topological polar surface area (TPSA) is 72.0 Å². The van der Waals surface area contributed by atoms with Gasteiger partial charge in [0.05, 0.1) is 28.8 Å². The van der Waals surface area contributed by atoms with Crippen LogP contribution in [0.1, 0.15) is 0 Å². The molecule has 0 unspecified atom stereocenters. The van der Waals surface area contributed by atoms with Gasteiger partial charge in [-0.05, 0) is 58.4 Å². The summed E-state index contributed by atoms with van der Waals surface area (Å²) >= 11 is 11.1. The predicted molar refractivity (Wildman–Crippen MR) is 112 cm³/mol. The lowest BCUT2D eigenvalue weighted by atomic mass is 10.3. The van der Waals surface area contributed by atoms with Crippen molar-refractivity contribution in [3.63, 3.8) is 0 Å². The minimum atomic E-state index is -3.94. The van der Waals surface area contributed by atoms with Crippen LogP contribution in [0.15, 0.2) is 68.4 Å². The normalized spacial score (nSPS) is 11.7. The number of sulfone groups is 1. The number of fused-ring (bicyclic) bond motifs is 1. The molecule has 10 heteroatoms. The van der Waals surface area contributed by atoms with Gasteiger partial charge in [0.2, 0.25) is 9.84 Å². The van der Waals surface area contributed by atoms with E-state index in [0.717, 1.165) is 20.1 Å². The minimum absolute atomic E-state index is 0.0203. The zero-order chi connectivity index (χ0) is 19.9. The van der Waals surface area contributed by atoms with E-state index in [4.69, 9.17) is 11.6 Å². The summed E-state index contributed by atoms with van der Waals surface area (Å²) in [6.45, 7) is 0. The second-order valence-corrected chi connectivity index (χ2v) is 10.5. The number of hydrogen-bond acceptors (Lipinski definition) is 6. The average molecular weight is 499 g/mol. The lowest BCUT2D eigenvalue weighted by Crippen LogP contribution is -2.04. The monoisotopic (exact) mass is 497 g/mol. The molecule has 0 aliphatic heterocycles. The zero-order valence-corrected chi connectivity index (χ0v) is 17.8. The molecule has 2 heterocycles. The summed E-state index contributed by atoms with van der Waals surface area (Å²) in [5, 5.41) is 3.15. The van der Waals surface area contributed by atoms with Crippen LogP contribution in [0.25, 0.3) is 10.2 Å². The molecule has 0 amide bonds. The molecule has 0 saturated carbocycles. The van der Waals surface area contributed by atoms with E-state index in [2.05, 4.69) is 31.2 Å². The van der Waals surface area contributed by atoms with Crippen LogP contribution in [0.3, 0.4) is 0 Å². The Morgan fingerprint density at radius 3 is 2.68 bits per heavy atom. The van der Waals surface area contributed by atoms with Gasteiger partial charge in [-0.25, -0.2) is 22.8 Å². The summed E-state index contributed by atoms with van der Waals surface area (Å²) in [7, 11) is -3.94. The second kappa shape index (κ2) is 7.40. The first-order valence-electron chi connectivity index (χ1n) is 7.82. The van der Waals surface area contributed by atoms with E-state index in [9.17, 15) is 12.8 Å². The Kier molecular flexibility index (Phi) is 5.09. The second-order valence-electron chi connectivity index (χ2n) is 5.72. The fourth-order valence-corrected chi connectivity index (χ4v) is 5.92. The summed E-state index contributed by atoms with van der Waals surface area (Å²) in [6.07, 6.45) is 1.44. The molecule has 142 valence electrons. The molecule has 5 nitrogen and oxygen atoms in total. The number of hydrogen-bond donors (Lipinski definition) is 1. The van der Waals surface area contributed by atoms with Crippen molar-refractivity contribution in [1.82, 2.24) is 9.97 Å². The summed E-state index contributed by atoms with van der Waals surface area (Å²) in [6, 6.07) is 11.1. The number of thiophene rings is 1. The van der Waals surface area contributed by atoms with Gasteiger partial charge in [-0.1, -0.05) is 17.7 Å². The zero-order valence-electron chi connectivity index (χ0n) is 13.9. The van der Waals surface area contributed by atoms with Gasteiger partial charge in [-0.15, -0.1) is 11.3 Å². The largest absolute Gasteiger partial charge is 0.339 e. The Labute approximate surface area is 177 Å². The van der Waals surface area contributed by atoms with E-state index in [1.807, 2.05) is 6.07 Å². The Morgan fingerprint density at radius 1 is 1.11 bits per heavy atom. The van der Waals surface area contributed by atoms with E-state index in [0.29, 0.717) is 11.5 Å². The average Bonchev–Trinajstić information content (AvgIpc) is 3.03. The molecule has 28 heavy (non-hydrogen) atoms. The maximum Gasteiger partial charge on any atom is 0.208 e. The van der Waals surface area contributed by atoms with Crippen LogP contribution in [0, 0.1) is 5.82 Å². The van der Waals surface area contributed by atoms with Gasteiger partial charge < -0.3 is 5.32 Å². The molecule has 0 atom stereocenters. The van der Waals surface area contributed by atoms with Crippen molar-refractivity contribution in [1.29, 1.82) is 0 Å². The predicted octanol–water partition coefficient (Wildman–Crippen LogP) is 5.82. The molecule has 2 aromatic heterocycles. The van der Waals surface area contributed by atoms with Gasteiger partial charge in [0.25, 0.3) is 0 Å². The summed E-state index contributed by atoms with van der Waals surface area (Å²) in [4.78, 5) is 8.18. The third-order valence-electron chi connectivity index (χ3n) is 3.87. The Balaban J connectivity index is 1.70. The highest BCUT2D eigenvalue weighted by Crippen LogP contribution is 2.35. The highest BCUT2D eigenvalue weighted by atomic mass is 79.9. The van der Waals surface area contributed by atoms with Crippen LogP contribution in [0.2, 0.25) is 5.02 Å². The number of nitrogens with one attached hydrogen (secondary N) is 1. The highest BCUT2D eigenvalue weighted by molar-refractivity contribution is 9.11. The summed E-state index contributed by atoms with van der Waals surface area (Å²) < 4.78 is 40.7. The van der Waals surface area contributed by atoms with E-state index in [1.54, 1.807) is 6.07 Å². The van der Waals surface area contributed by atoms with Crippen LogP contribution < -0.4 is 5.32 Å². The molecule has 4 rings (SSSR count). The number of nitrogens with zero attached hydrogens (tertiary/aromatic N) is 2. The molecular formula is C18H10BrClFN3O2S2. The third kappa shape index (κ3) is 3.62. The van der Waals surface area contributed by atoms with Crippen molar-refractivity contribution < 1.29 is 12.8 Å². The van der Waals surface area contributed by atoms with Gasteiger partial charge in [-0.2, -0.15) is 0 Å². The van der Waals surface area contributed by atoms with Gasteiger partial charge >= 0.3 is 0 Å². The number of halogens is 3. The number of anilines is 2. The maximum absolute atomic E-state index is 13.4.